The third kappa shape index (κ3) is 6.56. The number of amides is 3. The molecule has 234 valence electrons. The molecule has 2 saturated heterocycles. The van der Waals surface area contributed by atoms with E-state index in [1.54, 1.807) is 17.9 Å². The molecule has 0 saturated carbocycles. The Morgan fingerprint density at radius 1 is 1.13 bits per heavy atom. The molecule has 2 aromatic heterocycles. The number of carbonyl (C=O) groups excluding carboxylic acids is 3. The summed E-state index contributed by atoms with van der Waals surface area (Å²) >= 11 is 6.47. The van der Waals surface area contributed by atoms with E-state index in [-0.39, 0.29) is 36.1 Å². The van der Waals surface area contributed by atoms with E-state index in [0.29, 0.717) is 35.3 Å². The molecule has 3 atom stereocenters. The van der Waals surface area contributed by atoms with E-state index in [2.05, 4.69) is 49.2 Å². The first-order chi connectivity index (χ1) is 21.7. The van der Waals surface area contributed by atoms with E-state index in [9.17, 15) is 14.4 Å². The van der Waals surface area contributed by atoms with Crippen LogP contribution in [0, 0.1) is 5.92 Å². The average molecular weight is 630 g/mol. The number of rotatable bonds is 8. The highest BCUT2D eigenvalue weighted by Crippen LogP contribution is 2.33. The minimum Gasteiger partial charge on any atom is -0.382 e. The normalized spacial score (nSPS) is 20.2. The van der Waals surface area contributed by atoms with Crippen LogP contribution in [0.2, 0.25) is 5.02 Å². The third-order valence-corrected chi connectivity index (χ3v) is 8.83. The van der Waals surface area contributed by atoms with Crippen LogP contribution in [0.15, 0.2) is 48.7 Å². The van der Waals surface area contributed by atoms with Gasteiger partial charge in [-0.3, -0.25) is 24.4 Å². The Balaban J connectivity index is 1.12. The van der Waals surface area contributed by atoms with Crippen LogP contribution in [0.5, 0.6) is 0 Å². The summed E-state index contributed by atoms with van der Waals surface area (Å²) in [4.78, 5) is 47.4. The maximum atomic E-state index is 12.5. The van der Waals surface area contributed by atoms with Crippen molar-refractivity contribution in [1.82, 2.24) is 30.4 Å². The number of imide groups is 1. The molecule has 12 nitrogen and oxygen atoms in total. The Kier molecular flexibility index (Phi) is 8.57. The lowest BCUT2D eigenvalue weighted by Gasteiger charge is -2.37. The minimum absolute atomic E-state index is 0.0574. The van der Waals surface area contributed by atoms with Gasteiger partial charge >= 0.3 is 0 Å². The Morgan fingerprint density at radius 3 is 2.76 bits per heavy atom. The summed E-state index contributed by atoms with van der Waals surface area (Å²) in [5, 5.41) is 18.1. The topological polar surface area (TPSA) is 146 Å². The highest BCUT2D eigenvalue weighted by atomic mass is 35.5. The molecular weight excluding hydrogens is 594 g/mol. The molecule has 0 radical (unpaired) electrons. The molecule has 4 aromatic rings. The number of piperidine rings is 2. The van der Waals surface area contributed by atoms with E-state index in [1.807, 2.05) is 43.4 Å². The lowest BCUT2D eigenvalue weighted by Crippen LogP contribution is -2.46. The van der Waals surface area contributed by atoms with Gasteiger partial charge in [0, 0.05) is 56.4 Å². The summed E-state index contributed by atoms with van der Waals surface area (Å²) in [5.74, 6) is 0.395. The van der Waals surface area contributed by atoms with Gasteiger partial charge in [0.2, 0.25) is 23.7 Å². The van der Waals surface area contributed by atoms with Gasteiger partial charge in [-0.1, -0.05) is 30.7 Å². The van der Waals surface area contributed by atoms with Crippen LogP contribution in [0.1, 0.15) is 43.4 Å². The standard InChI is InChI=1S/C32H36ClN9O3/c1-18-17-42(32-35-16-24(33)30(39-32)37-20-6-4-5-19(13-20)14-28(44)34-2)12-11-25(18)36-21-7-8-22-26(15-21)41(3)40-29(22)23-9-10-27(43)38-31(23)45/h4-8,13,15-16,18,23,25,36H,9-12,14,17H2,1-3H3,(H,34,44)(H,35,37,39)(H,38,43,45)/t18-,23?,25-/m1/s1. The Morgan fingerprint density at radius 2 is 1.98 bits per heavy atom. The zero-order valence-corrected chi connectivity index (χ0v) is 26.2. The van der Waals surface area contributed by atoms with Crippen molar-refractivity contribution in [3.8, 4) is 0 Å². The first kappa shape index (κ1) is 30.3. The van der Waals surface area contributed by atoms with Crippen LogP contribution >= 0.6 is 11.6 Å². The van der Waals surface area contributed by atoms with Gasteiger partial charge in [-0.2, -0.15) is 10.1 Å². The van der Waals surface area contributed by atoms with Crippen LogP contribution in [0.3, 0.4) is 0 Å². The van der Waals surface area contributed by atoms with Gasteiger partial charge in [-0.05, 0) is 54.7 Å². The van der Waals surface area contributed by atoms with Gasteiger partial charge in [0.1, 0.15) is 5.02 Å². The Labute approximate surface area is 265 Å². The van der Waals surface area contributed by atoms with Crippen LogP contribution in [-0.2, 0) is 27.9 Å². The number of hydrogen-bond donors (Lipinski definition) is 4. The monoisotopic (exact) mass is 629 g/mol. The molecule has 2 aliphatic heterocycles. The maximum Gasteiger partial charge on any atom is 0.235 e. The van der Waals surface area contributed by atoms with Crippen molar-refractivity contribution >= 4 is 63.4 Å². The zero-order valence-electron chi connectivity index (χ0n) is 25.4. The lowest BCUT2D eigenvalue weighted by molar-refractivity contribution is -0.134. The predicted octanol–water partition coefficient (Wildman–Crippen LogP) is 3.90. The van der Waals surface area contributed by atoms with Crippen molar-refractivity contribution in [3.63, 3.8) is 0 Å². The first-order valence-corrected chi connectivity index (χ1v) is 15.5. The van der Waals surface area contributed by atoms with Crippen molar-refractivity contribution in [2.45, 2.75) is 44.6 Å². The zero-order chi connectivity index (χ0) is 31.7. The van der Waals surface area contributed by atoms with E-state index < -0.39 is 5.92 Å². The number of halogens is 1. The van der Waals surface area contributed by atoms with Crippen LogP contribution in [0.4, 0.5) is 23.1 Å². The number of benzene rings is 2. The summed E-state index contributed by atoms with van der Waals surface area (Å²) in [6.07, 6.45) is 3.56. The second-order valence-electron chi connectivity index (χ2n) is 11.7. The molecule has 3 amide bonds. The van der Waals surface area contributed by atoms with Gasteiger partial charge in [0.25, 0.3) is 0 Å². The maximum absolute atomic E-state index is 12.5. The summed E-state index contributed by atoms with van der Waals surface area (Å²) in [6, 6.07) is 13.9. The molecule has 6 rings (SSSR count). The number of aryl methyl sites for hydroxylation is 1. The fraction of sp³-hybridized carbons (Fsp3) is 0.375. The van der Waals surface area contributed by atoms with Crippen LogP contribution < -0.4 is 26.2 Å². The molecule has 2 aliphatic rings. The van der Waals surface area contributed by atoms with Gasteiger partial charge < -0.3 is 20.9 Å². The molecule has 2 aromatic carbocycles. The van der Waals surface area contributed by atoms with Crippen molar-refractivity contribution < 1.29 is 14.4 Å². The second kappa shape index (κ2) is 12.7. The quantitative estimate of drug-likeness (QED) is 0.213. The molecule has 0 spiro atoms. The number of carbonyl (C=O) groups is 3. The number of nitrogens with one attached hydrogen (secondary N) is 4. The fourth-order valence-electron chi connectivity index (χ4n) is 6.11. The van der Waals surface area contributed by atoms with Crippen LogP contribution in [0.25, 0.3) is 10.9 Å². The molecule has 0 aliphatic carbocycles. The lowest BCUT2D eigenvalue weighted by atomic mass is 9.92. The third-order valence-electron chi connectivity index (χ3n) is 8.55. The summed E-state index contributed by atoms with van der Waals surface area (Å²) < 4.78 is 1.80. The number of aromatic nitrogens is 4. The molecule has 4 heterocycles. The van der Waals surface area contributed by atoms with Crippen molar-refractivity contribution in [2.24, 2.45) is 13.0 Å². The molecule has 1 unspecified atom stereocenters. The number of likely N-dealkylation sites (N-methyl/N-ethyl adjacent to an activating group) is 1. The Bertz CT molecular complexity index is 1770. The van der Waals surface area contributed by atoms with Gasteiger partial charge in [-0.25, -0.2) is 4.98 Å². The molecule has 2 fully saturated rings. The van der Waals surface area contributed by atoms with Crippen molar-refractivity contribution in [1.29, 1.82) is 0 Å². The van der Waals surface area contributed by atoms with Gasteiger partial charge in [0.05, 0.1) is 29.7 Å². The van der Waals surface area contributed by atoms with Crippen LogP contribution in [-0.4, -0.2) is 63.6 Å². The SMILES string of the molecule is CNC(=O)Cc1cccc(Nc2nc(N3CC[C@@H](Nc4ccc5c(C6CCC(=O)NC6=O)nn(C)c5c4)[C@H](C)C3)ncc2Cl)c1. The van der Waals surface area contributed by atoms with E-state index in [0.717, 1.165) is 47.4 Å². The largest absolute Gasteiger partial charge is 0.382 e. The average Bonchev–Trinajstić information content (AvgIpc) is 3.34. The first-order valence-electron chi connectivity index (χ1n) is 15.1. The molecule has 0 bridgehead atoms. The smallest absolute Gasteiger partial charge is 0.235 e. The number of anilines is 4. The number of hydrogen-bond acceptors (Lipinski definition) is 9. The van der Waals surface area contributed by atoms with E-state index >= 15 is 0 Å². The Hall–Kier alpha value is -4.71. The summed E-state index contributed by atoms with van der Waals surface area (Å²) in [6.45, 7) is 3.73. The molecule has 4 N–H and O–H groups in total. The number of nitrogens with zero attached hydrogens (tertiary/aromatic N) is 5. The molecule has 13 heteroatoms. The number of fused-ring (bicyclic) bond motifs is 1. The van der Waals surface area contributed by atoms with E-state index in [1.165, 1.54) is 0 Å². The van der Waals surface area contributed by atoms with Gasteiger partial charge in [-0.15, -0.1) is 0 Å². The fourth-order valence-corrected chi connectivity index (χ4v) is 6.25. The summed E-state index contributed by atoms with van der Waals surface area (Å²) in [7, 11) is 3.50. The summed E-state index contributed by atoms with van der Waals surface area (Å²) in [5.41, 5.74) is 4.29. The predicted molar refractivity (Wildman–Crippen MR) is 174 cm³/mol. The second-order valence-corrected chi connectivity index (χ2v) is 12.2. The highest BCUT2D eigenvalue weighted by Gasteiger charge is 2.32. The molecule has 45 heavy (non-hydrogen) atoms. The van der Waals surface area contributed by atoms with E-state index in [4.69, 9.17) is 16.6 Å². The highest BCUT2D eigenvalue weighted by molar-refractivity contribution is 6.32. The van der Waals surface area contributed by atoms with Crippen molar-refractivity contribution in [3.05, 3.63) is 64.9 Å². The minimum atomic E-state index is -0.431. The molecular formula is C32H36ClN9O3. The van der Waals surface area contributed by atoms with Gasteiger partial charge in [0.15, 0.2) is 5.82 Å². The van der Waals surface area contributed by atoms with Crippen molar-refractivity contribution in [2.75, 3.05) is 35.7 Å².